The smallest absolute Gasteiger partial charge is 0.357 e. The van der Waals surface area contributed by atoms with Crippen LogP contribution in [0.2, 0.25) is 0 Å². The molecule has 0 spiro atoms. The fourth-order valence-electron chi connectivity index (χ4n) is 1.14. The molecule has 0 saturated carbocycles. The monoisotopic (exact) mass is 294 g/mol. The van der Waals surface area contributed by atoms with Gasteiger partial charge in [-0.1, -0.05) is 0 Å². The number of aryl methyl sites for hydroxylation is 1. The Morgan fingerprint density at radius 2 is 2.25 bits per heavy atom. The van der Waals surface area contributed by atoms with Crippen molar-refractivity contribution in [1.82, 2.24) is 9.78 Å². The molecule has 0 N–H and O–H groups in total. The lowest BCUT2D eigenvalue weighted by Gasteiger charge is -2.01. The Kier molecular flexibility index (Phi) is 4.17. The predicted octanol–water partition coefficient (Wildman–Crippen LogP) is 2.60. The number of halogens is 3. The van der Waals surface area contributed by atoms with Crippen LogP contribution in [0.3, 0.4) is 0 Å². The fraction of sp³-hybridized carbons (Fsp3) is 0.333. The summed E-state index contributed by atoms with van der Waals surface area (Å²) in [5, 5.41) is 3.77. The van der Waals surface area contributed by atoms with Crippen molar-refractivity contribution in [2.45, 2.75) is 6.92 Å². The second kappa shape index (κ2) is 5.20. The summed E-state index contributed by atoms with van der Waals surface area (Å²) in [5.41, 5.74) is 0.0971. The molecule has 7 heteroatoms. The lowest BCUT2D eigenvalue weighted by atomic mass is 10.3. The Hall–Kier alpha value is -1.24. The van der Waals surface area contributed by atoms with E-state index in [-0.39, 0.29) is 22.5 Å². The van der Waals surface area contributed by atoms with E-state index in [1.807, 2.05) is 0 Å². The zero-order chi connectivity index (χ0) is 12.3. The quantitative estimate of drug-likeness (QED) is 0.805. The Morgan fingerprint density at radius 3 is 2.75 bits per heavy atom. The number of hydrogen-bond donors (Lipinski definition) is 0. The highest BCUT2D eigenvalue weighted by atomic mass is 79.9. The van der Waals surface area contributed by atoms with Crippen molar-refractivity contribution in [1.29, 1.82) is 0 Å². The molecule has 1 aromatic heterocycles. The van der Waals surface area contributed by atoms with Gasteiger partial charge in [0.1, 0.15) is 5.69 Å². The van der Waals surface area contributed by atoms with E-state index < -0.39 is 12.0 Å². The van der Waals surface area contributed by atoms with Crippen LogP contribution in [0.15, 0.2) is 10.6 Å². The molecule has 0 radical (unpaired) electrons. The minimum atomic E-state index is -1.88. The first kappa shape index (κ1) is 12.8. The Bertz CT molecular complexity index is 439. The van der Waals surface area contributed by atoms with E-state index in [0.29, 0.717) is 6.08 Å². The predicted molar refractivity (Wildman–Crippen MR) is 57.1 cm³/mol. The zero-order valence-corrected chi connectivity index (χ0v) is 10.2. The van der Waals surface area contributed by atoms with Crippen LogP contribution in [-0.4, -0.2) is 22.4 Å². The Labute approximate surface area is 99.0 Å². The first-order chi connectivity index (χ1) is 7.47. The Morgan fingerprint density at radius 1 is 1.62 bits per heavy atom. The average Bonchev–Trinajstić information content (AvgIpc) is 2.41. The van der Waals surface area contributed by atoms with Crippen molar-refractivity contribution >= 4 is 28.0 Å². The highest BCUT2D eigenvalue weighted by Gasteiger charge is 2.20. The third kappa shape index (κ3) is 2.66. The number of carbonyl (C=O) groups excluding carboxylic acids is 1. The lowest BCUT2D eigenvalue weighted by Crippen LogP contribution is -2.10. The van der Waals surface area contributed by atoms with Gasteiger partial charge in [-0.2, -0.15) is 13.9 Å². The summed E-state index contributed by atoms with van der Waals surface area (Å²) in [6.45, 7) is 1.86. The number of ether oxygens (including phenoxy) is 1. The second-order valence-corrected chi connectivity index (χ2v) is 3.62. The van der Waals surface area contributed by atoms with Crippen molar-refractivity contribution in [3.8, 4) is 0 Å². The number of nitrogens with zero attached hydrogens (tertiary/aromatic N) is 2. The molecule has 0 unspecified atom stereocenters. The number of aromatic nitrogens is 2. The van der Waals surface area contributed by atoms with E-state index in [2.05, 4.69) is 21.0 Å². The normalized spacial score (nSPS) is 10.1. The number of rotatable bonds is 3. The maximum absolute atomic E-state index is 12.1. The molecule has 4 nitrogen and oxygen atoms in total. The SMILES string of the molecule is CCOC(=O)c1c(Br)c(C=C(F)F)nn1C. The molecular formula is C9H9BrF2N2O2. The van der Waals surface area contributed by atoms with E-state index in [1.54, 1.807) is 6.92 Å². The molecule has 88 valence electrons. The molecule has 1 heterocycles. The molecule has 0 saturated heterocycles. The number of carbonyl (C=O) groups is 1. The highest BCUT2D eigenvalue weighted by molar-refractivity contribution is 9.10. The van der Waals surface area contributed by atoms with Gasteiger partial charge in [0.25, 0.3) is 6.08 Å². The molecule has 0 aromatic carbocycles. The summed E-state index contributed by atoms with van der Waals surface area (Å²) in [6.07, 6.45) is -1.30. The van der Waals surface area contributed by atoms with E-state index >= 15 is 0 Å². The van der Waals surface area contributed by atoms with Crippen LogP contribution in [0, 0.1) is 0 Å². The van der Waals surface area contributed by atoms with E-state index in [1.165, 1.54) is 11.7 Å². The van der Waals surface area contributed by atoms with Crippen LogP contribution < -0.4 is 0 Å². The van der Waals surface area contributed by atoms with Crippen molar-refractivity contribution in [3.63, 3.8) is 0 Å². The zero-order valence-electron chi connectivity index (χ0n) is 8.63. The van der Waals surface area contributed by atoms with Crippen molar-refractivity contribution < 1.29 is 18.3 Å². The third-order valence-corrected chi connectivity index (χ3v) is 2.51. The van der Waals surface area contributed by atoms with Gasteiger partial charge in [-0.3, -0.25) is 4.68 Å². The van der Waals surface area contributed by atoms with Gasteiger partial charge in [-0.15, -0.1) is 0 Å². The summed E-state index contributed by atoms with van der Waals surface area (Å²) in [4.78, 5) is 11.5. The highest BCUT2D eigenvalue weighted by Crippen LogP contribution is 2.24. The summed E-state index contributed by atoms with van der Waals surface area (Å²) in [6, 6.07) is 0. The third-order valence-electron chi connectivity index (χ3n) is 1.73. The molecule has 16 heavy (non-hydrogen) atoms. The van der Waals surface area contributed by atoms with Gasteiger partial charge >= 0.3 is 5.97 Å². The van der Waals surface area contributed by atoms with Crippen molar-refractivity contribution in [3.05, 3.63) is 21.9 Å². The molecule has 0 atom stereocenters. The number of esters is 1. The molecule has 1 aromatic rings. The molecular weight excluding hydrogens is 286 g/mol. The first-order valence-corrected chi connectivity index (χ1v) is 5.19. The van der Waals surface area contributed by atoms with Gasteiger partial charge in [0.15, 0.2) is 5.69 Å². The average molecular weight is 295 g/mol. The lowest BCUT2D eigenvalue weighted by molar-refractivity contribution is 0.0512. The molecule has 0 aliphatic rings. The van der Waals surface area contributed by atoms with Crippen LogP contribution >= 0.6 is 15.9 Å². The standard InChI is InChI=1S/C9H9BrF2N2O2/c1-3-16-9(15)8-7(10)5(4-6(11)12)13-14(8)2/h4H,3H2,1-2H3. The molecule has 0 bridgehead atoms. The molecule has 1 rings (SSSR count). The number of hydrogen-bond acceptors (Lipinski definition) is 3. The van der Waals surface area contributed by atoms with Gasteiger partial charge in [0, 0.05) is 13.1 Å². The second-order valence-electron chi connectivity index (χ2n) is 2.83. The minimum absolute atomic E-state index is 0.00875. The van der Waals surface area contributed by atoms with E-state index in [4.69, 9.17) is 4.74 Å². The molecule has 0 aliphatic heterocycles. The van der Waals surface area contributed by atoms with Crippen molar-refractivity contribution in [2.24, 2.45) is 7.05 Å². The van der Waals surface area contributed by atoms with Gasteiger partial charge in [0.2, 0.25) is 0 Å². The maximum Gasteiger partial charge on any atom is 0.357 e. The molecule has 0 amide bonds. The van der Waals surface area contributed by atoms with Crippen LogP contribution in [0.4, 0.5) is 8.78 Å². The summed E-state index contributed by atoms with van der Waals surface area (Å²) in [7, 11) is 1.48. The van der Waals surface area contributed by atoms with Crippen LogP contribution in [0.5, 0.6) is 0 Å². The maximum atomic E-state index is 12.1. The fourth-order valence-corrected chi connectivity index (χ4v) is 1.75. The largest absolute Gasteiger partial charge is 0.461 e. The molecule has 0 fully saturated rings. The van der Waals surface area contributed by atoms with Crippen LogP contribution in [0.1, 0.15) is 23.1 Å². The summed E-state index contributed by atoms with van der Waals surface area (Å²) < 4.78 is 30.3. The van der Waals surface area contributed by atoms with Crippen LogP contribution in [-0.2, 0) is 11.8 Å². The summed E-state index contributed by atoms with van der Waals surface area (Å²) in [5.74, 6) is -0.608. The topological polar surface area (TPSA) is 44.1 Å². The Balaban J connectivity index is 3.17. The van der Waals surface area contributed by atoms with Gasteiger partial charge < -0.3 is 4.74 Å². The van der Waals surface area contributed by atoms with E-state index in [9.17, 15) is 13.6 Å². The van der Waals surface area contributed by atoms with Gasteiger partial charge in [-0.25, -0.2) is 4.79 Å². The summed E-state index contributed by atoms with van der Waals surface area (Å²) >= 11 is 3.04. The van der Waals surface area contributed by atoms with E-state index in [0.717, 1.165) is 0 Å². The van der Waals surface area contributed by atoms with Gasteiger partial charge in [-0.05, 0) is 22.9 Å². The molecule has 0 aliphatic carbocycles. The van der Waals surface area contributed by atoms with Crippen LogP contribution in [0.25, 0.3) is 6.08 Å². The van der Waals surface area contributed by atoms with Gasteiger partial charge in [0.05, 0.1) is 11.1 Å². The van der Waals surface area contributed by atoms with Crippen molar-refractivity contribution in [2.75, 3.05) is 6.61 Å². The minimum Gasteiger partial charge on any atom is -0.461 e. The first-order valence-electron chi connectivity index (χ1n) is 4.39.